The summed E-state index contributed by atoms with van der Waals surface area (Å²) in [5.74, 6) is -0.0332. The Labute approximate surface area is 213 Å². The molecule has 0 bridgehead atoms. The van der Waals surface area contributed by atoms with Crippen LogP contribution in [-0.4, -0.2) is 66.7 Å². The van der Waals surface area contributed by atoms with Gasteiger partial charge in [0, 0.05) is 25.2 Å². The zero-order valence-electron chi connectivity index (χ0n) is 19.4. The molecule has 2 aromatic rings. The molecule has 2 saturated heterocycles. The van der Waals surface area contributed by atoms with Crippen LogP contribution in [0.3, 0.4) is 0 Å². The van der Waals surface area contributed by atoms with Gasteiger partial charge >= 0.3 is 27.1 Å². The zero-order valence-corrected chi connectivity index (χ0v) is 21.2. The third-order valence-electron chi connectivity index (χ3n) is 5.72. The third-order valence-corrected chi connectivity index (χ3v) is 7.10. The van der Waals surface area contributed by atoms with Gasteiger partial charge in [0.05, 0.1) is 19.3 Å². The number of hydrogen-bond acceptors (Lipinski definition) is 15. The molecule has 18 nitrogen and oxygen atoms in total. The van der Waals surface area contributed by atoms with Crippen molar-refractivity contribution in [2.24, 2.45) is 0 Å². The van der Waals surface area contributed by atoms with Gasteiger partial charge in [0.2, 0.25) is 0 Å². The molecule has 0 aliphatic carbocycles. The summed E-state index contributed by atoms with van der Waals surface area (Å²) in [5.41, 5.74) is 9.46. The van der Waals surface area contributed by atoms with E-state index in [1.54, 1.807) is 0 Å². The number of nitrogens with zero attached hydrogens (tertiary/aromatic N) is 4. The molecule has 4 rings (SSSR count). The summed E-state index contributed by atoms with van der Waals surface area (Å²) in [6.07, 6.45) is -4.28. The molecular formula is C18H24N6O12P2. The Kier molecular flexibility index (Phi) is 8.56. The lowest BCUT2D eigenvalue weighted by molar-refractivity contribution is -0.0553. The minimum Gasteiger partial charge on any atom is -0.390 e. The van der Waals surface area contributed by atoms with Crippen molar-refractivity contribution in [3.63, 3.8) is 0 Å². The monoisotopic (exact) mass is 578 g/mol. The molecule has 0 aromatic carbocycles. The summed E-state index contributed by atoms with van der Waals surface area (Å²) >= 11 is 0. The molecule has 0 saturated carbocycles. The zero-order chi connectivity index (χ0) is 27.6. The minimum absolute atomic E-state index is 0.00420. The lowest BCUT2D eigenvalue weighted by atomic mass is 10.2. The average molecular weight is 578 g/mol. The highest BCUT2D eigenvalue weighted by Crippen LogP contribution is 2.49. The molecular weight excluding hydrogens is 554 g/mol. The number of aliphatic hydroxyl groups excluding tert-OH is 1. The van der Waals surface area contributed by atoms with Gasteiger partial charge in [-0.05, 0) is 12.1 Å². The Balaban J connectivity index is 1.40. The molecule has 2 fully saturated rings. The molecule has 2 aliphatic rings. The topological polar surface area (TPSA) is 260 Å². The molecule has 1 unspecified atom stereocenters. The van der Waals surface area contributed by atoms with Crippen molar-refractivity contribution in [2.45, 2.75) is 49.7 Å². The van der Waals surface area contributed by atoms with E-state index in [0.29, 0.717) is 0 Å². The Bertz CT molecular complexity index is 1390. The summed E-state index contributed by atoms with van der Waals surface area (Å²) in [4.78, 5) is 41.6. The predicted octanol–water partition coefficient (Wildman–Crippen LogP) is -0.793. The highest BCUT2D eigenvalue weighted by molar-refractivity contribution is 7.47. The van der Waals surface area contributed by atoms with E-state index in [4.69, 9.17) is 30.0 Å². The summed E-state index contributed by atoms with van der Waals surface area (Å²) < 4.78 is 62.6. The van der Waals surface area contributed by atoms with E-state index in [9.17, 15) is 33.3 Å². The van der Waals surface area contributed by atoms with Crippen LogP contribution in [0.15, 0.2) is 34.1 Å². The predicted molar refractivity (Wildman–Crippen MR) is 124 cm³/mol. The van der Waals surface area contributed by atoms with Crippen molar-refractivity contribution in [2.75, 3.05) is 24.7 Å². The number of aromatic nitrogens is 4. The molecule has 38 heavy (non-hydrogen) atoms. The fraction of sp³-hybridized carbons (Fsp3) is 0.556. The van der Waals surface area contributed by atoms with Crippen molar-refractivity contribution in [1.82, 2.24) is 19.1 Å². The van der Waals surface area contributed by atoms with Crippen LogP contribution in [0.1, 0.15) is 25.3 Å². The van der Waals surface area contributed by atoms with Crippen LogP contribution in [0.5, 0.6) is 0 Å². The van der Waals surface area contributed by atoms with Crippen molar-refractivity contribution in [3.05, 3.63) is 45.5 Å². The van der Waals surface area contributed by atoms with Crippen LogP contribution >= 0.6 is 15.7 Å². The van der Waals surface area contributed by atoms with Gasteiger partial charge in [-0.2, -0.15) is 9.97 Å². The van der Waals surface area contributed by atoms with E-state index in [1.165, 1.54) is 24.5 Å². The van der Waals surface area contributed by atoms with E-state index >= 15 is 0 Å². The van der Waals surface area contributed by atoms with Gasteiger partial charge in [-0.25, -0.2) is 23.3 Å². The van der Waals surface area contributed by atoms with Gasteiger partial charge in [0.15, 0.2) is 0 Å². The summed E-state index contributed by atoms with van der Waals surface area (Å²) in [6, 6.07) is 2.69. The molecule has 0 amide bonds. The number of hydrogen-bond donors (Lipinski definition) is 4. The number of nitrogens with two attached hydrogens (primary N) is 2. The summed E-state index contributed by atoms with van der Waals surface area (Å²) in [5, 5.41) is 10.3. The lowest BCUT2D eigenvalue weighted by Crippen LogP contribution is -2.30. The number of rotatable bonds is 10. The first-order valence-electron chi connectivity index (χ1n) is 11.0. The standard InChI is InChI=1S/C18H24N6O12P2/c19-13-1-3-23(17(26)21-13)15-5-9(25)11(34-15)8-33-38(30,31)36-10-6-16(35-12(10)7-32-37(28)29)24-4-2-14(20)22-18(24)27/h1-4,9-12,15-16,25H,5-8H2,(H,30,31)(H2,19,21,26)(H2,20,22,27)/t9-,10-,11+,12+,15+,16+/m0/s1. The molecule has 6 N–H and O–H groups in total. The Hall–Kier alpha value is -2.79. The first kappa shape index (κ1) is 28.2. The number of phosphoric ester groups is 1. The number of aliphatic hydroxyl groups is 1. The number of nitrogen functional groups attached to an aromatic ring is 2. The van der Waals surface area contributed by atoms with Crippen LogP contribution in [-0.2, 0) is 36.7 Å². The first-order chi connectivity index (χ1) is 17.9. The number of anilines is 2. The average Bonchev–Trinajstić information content (AvgIpc) is 3.38. The van der Waals surface area contributed by atoms with Crippen LogP contribution in [0, 0.1) is 0 Å². The number of phosphoric acid groups is 1. The van der Waals surface area contributed by atoms with Crippen molar-refractivity contribution >= 4 is 27.4 Å². The summed E-state index contributed by atoms with van der Waals surface area (Å²) in [6.45, 7) is -1.18. The van der Waals surface area contributed by atoms with Crippen LogP contribution < -0.4 is 22.8 Å². The molecule has 0 radical (unpaired) electrons. The van der Waals surface area contributed by atoms with E-state index < -0.39 is 77.2 Å². The normalized spacial score (nSPS) is 28.8. The maximum Gasteiger partial charge on any atom is 0.472 e. The quantitative estimate of drug-likeness (QED) is 0.252. The highest BCUT2D eigenvalue weighted by Gasteiger charge is 2.43. The molecule has 2 aliphatic heterocycles. The lowest BCUT2D eigenvalue weighted by Gasteiger charge is -2.22. The fourth-order valence-corrected chi connectivity index (χ4v) is 5.19. The van der Waals surface area contributed by atoms with Gasteiger partial charge in [0.1, 0.15) is 42.4 Å². The van der Waals surface area contributed by atoms with Gasteiger partial charge in [-0.3, -0.25) is 22.7 Å². The fourth-order valence-electron chi connectivity index (χ4n) is 3.96. The molecule has 4 heterocycles. The Morgan fingerprint density at radius 2 is 1.55 bits per heavy atom. The van der Waals surface area contributed by atoms with Crippen LogP contribution in [0.2, 0.25) is 0 Å². The van der Waals surface area contributed by atoms with Gasteiger partial charge in [-0.1, -0.05) is 0 Å². The van der Waals surface area contributed by atoms with Crippen LogP contribution in [0.25, 0.3) is 0 Å². The summed E-state index contributed by atoms with van der Waals surface area (Å²) in [7, 11) is -8.12. The van der Waals surface area contributed by atoms with Crippen molar-refractivity contribution in [1.29, 1.82) is 0 Å². The van der Waals surface area contributed by atoms with E-state index in [1.807, 2.05) is 0 Å². The molecule has 208 valence electrons. The first-order valence-corrected chi connectivity index (χ1v) is 13.6. The van der Waals surface area contributed by atoms with E-state index in [2.05, 4.69) is 14.5 Å². The van der Waals surface area contributed by atoms with Gasteiger partial charge < -0.3 is 30.9 Å². The SMILES string of the molecule is Nc1ccn([C@H]2C[C@H](OP(=O)(O)OC[C@H]3O[C@@H](n4ccc(N)nc4=O)C[C@@H]3O)[C@@H](COP(=O)=O)O2)c(=O)n1. The third kappa shape index (κ3) is 6.79. The number of ether oxygens (including phenoxy) is 2. The molecule has 2 aromatic heterocycles. The van der Waals surface area contributed by atoms with Gasteiger partial charge in [0.25, 0.3) is 0 Å². The maximum atomic E-state index is 12.7. The smallest absolute Gasteiger partial charge is 0.390 e. The van der Waals surface area contributed by atoms with E-state index in [-0.39, 0.29) is 24.5 Å². The Morgan fingerprint density at radius 3 is 2.11 bits per heavy atom. The maximum absolute atomic E-state index is 12.7. The van der Waals surface area contributed by atoms with Crippen molar-refractivity contribution in [3.8, 4) is 0 Å². The van der Waals surface area contributed by atoms with Crippen molar-refractivity contribution < 1.29 is 46.7 Å². The van der Waals surface area contributed by atoms with Gasteiger partial charge in [-0.15, -0.1) is 0 Å². The van der Waals surface area contributed by atoms with E-state index in [0.717, 1.165) is 9.13 Å². The molecule has 0 spiro atoms. The molecule has 20 heteroatoms. The minimum atomic E-state index is -4.85. The second-order valence-electron chi connectivity index (χ2n) is 8.31. The largest absolute Gasteiger partial charge is 0.472 e. The Morgan fingerprint density at radius 1 is 1.00 bits per heavy atom. The van der Waals surface area contributed by atoms with Crippen LogP contribution in [0.4, 0.5) is 11.6 Å². The second-order valence-corrected chi connectivity index (χ2v) is 10.4. The molecule has 7 atom stereocenters. The second kappa shape index (κ2) is 11.5. The highest BCUT2D eigenvalue weighted by atomic mass is 31.2.